The molecule has 20 heavy (non-hydrogen) atoms. The van der Waals surface area contributed by atoms with Crippen LogP contribution in [0.2, 0.25) is 0 Å². The molecule has 5 heteroatoms. The Bertz CT molecular complexity index is 459. The van der Waals surface area contributed by atoms with E-state index < -0.39 is 12.0 Å². The maximum Gasteiger partial charge on any atom is 0.328 e. The Kier molecular flexibility index (Phi) is 6.73. The van der Waals surface area contributed by atoms with Gasteiger partial charge in [-0.3, -0.25) is 4.79 Å². The molecule has 0 saturated heterocycles. The molecule has 0 aromatic heterocycles. The van der Waals surface area contributed by atoms with Crippen LogP contribution < -0.4 is 5.32 Å². The van der Waals surface area contributed by atoms with E-state index in [0.717, 1.165) is 11.1 Å². The van der Waals surface area contributed by atoms with Crippen LogP contribution in [0.25, 0.3) is 0 Å². The van der Waals surface area contributed by atoms with Crippen molar-refractivity contribution in [1.29, 1.82) is 0 Å². The Balaban J connectivity index is 2.72. The predicted octanol–water partition coefficient (Wildman–Crippen LogP) is 1.23. The van der Waals surface area contributed by atoms with E-state index in [1.165, 1.54) is 7.11 Å². The van der Waals surface area contributed by atoms with E-state index in [0.29, 0.717) is 13.0 Å². The largest absolute Gasteiger partial charge is 0.467 e. The second-order valence-electron chi connectivity index (χ2n) is 4.41. The second kappa shape index (κ2) is 8.32. The summed E-state index contributed by atoms with van der Waals surface area (Å²) in [7, 11) is 1.31. The molecule has 0 aliphatic carbocycles. The SMILES string of the molecule is CCOCC(=O)N[C@H](Cc1ccccc1C)C(=O)OC. The lowest BCUT2D eigenvalue weighted by molar-refractivity contribution is -0.145. The number of amides is 1. The number of hydrogen-bond donors (Lipinski definition) is 1. The monoisotopic (exact) mass is 279 g/mol. The topological polar surface area (TPSA) is 64.6 Å². The van der Waals surface area contributed by atoms with Crippen molar-refractivity contribution in [2.75, 3.05) is 20.3 Å². The van der Waals surface area contributed by atoms with Crippen LogP contribution >= 0.6 is 0 Å². The first kappa shape index (κ1) is 16.2. The number of esters is 1. The lowest BCUT2D eigenvalue weighted by Gasteiger charge is -2.17. The minimum Gasteiger partial charge on any atom is -0.467 e. The quantitative estimate of drug-likeness (QED) is 0.763. The maximum absolute atomic E-state index is 11.8. The molecule has 1 atom stereocenters. The zero-order valence-corrected chi connectivity index (χ0v) is 12.1. The highest BCUT2D eigenvalue weighted by Crippen LogP contribution is 2.10. The fraction of sp³-hybridized carbons (Fsp3) is 0.467. The third-order valence-electron chi connectivity index (χ3n) is 2.94. The standard InChI is InChI=1S/C15H21NO4/c1-4-20-10-14(17)16-13(15(18)19-3)9-12-8-6-5-7-11(12)2/h5-8,13H,4,9-10H2,1-3H3,(H,16,17)/t13-/m1/s1. The van der Waals surface area contributed by atoms with E-state index in [-0.39, 0.29) is 12.5 Å². The minimum atomic E-state index is -0.700. The third kappa shape index (κ3) is 5.01. The number of carbonyl (C=O) groups is 2. The Morgan fingerprint density at radius 3 is 2.60 bits per heavy atom. The molecule has 0 fully saturated rings. The van der Waals surface area contributed by atoms with Gasteiger partial charge in [-0.25, -0.2) is 4.79 Å². The summed E-state index contributed by atoms with van der Waals surface area (Å²) in [5.74, 6) is -0.783. The molecule has 0 aliphatic rings. The molecule has 110 valence electrons. The molecule has 0 unspecified atom stereocenters. The van der Waals surface area contributed by atoms with Crippen molar-refractivity contribution in [2.24, 2.45) is 0 Å². The number of benzene rings is 1. The maximum atomic E-state index is 11.8. The summed E-state index contributed by atoms with van der Waals surface area (Å²) in [6, 6.07) is 7.03. The van der Waals surface area contributed by atoms with Crippen LogP contribution in [0.15, 0.2) is 24.3 Å². The van der Waals surface area contributed by atoms with E-state index in [2.05, 4.69) is 5.32 Å². The highest BCUT2D eigenvalue weighted by molar-refractivity contribution is 5.85. The average Bonchev–Trinajstić information content (AvgIpc) is 2.45. The van der Waals surface area contributed by atoms with Gasteiger partial charge < -0.3 is 14.8 Å². The second-order valence-corrected chi connectivity index (χ2v) is 4.41. The summed E-state index contributed by atoms with van der Waals surface area (Å²) in [4.78, 5) is 23.4. The van der Waals surface area contributed by atoms with Crippen molar-refractivity contribution in [1.82, 2.24) is 5.32 Å². The lowest BCUT2D eigenvalue weighted by Crippen LogP contribution is -2.44. The van der Waals surface area contributed by atoms with Gasteiger partial charge in [0.1, 0.15) is 12.6 Å². The third-order valence-corrected chi connectivity index (χ3v) is 2.94. The molecular weight excluding hydrogens is 258 g/mol. The van der Waals surface area contributed by atoms with Gasteiger partial charge in [-0.15, -0.1) is 0 Å². The normalized spacial score (nSPS) is 11.8. The molecule has 1 rings (SSSR count). The predicted molar refractivity (Wildman–Crippen MR) is 75.3 cm³/mol. The Hall–Kier alpha value is -1.88. The first-order valence-electron chi connectivity index (χ1n) is 6.58. The van der Waals surface area contributed by atoms with E-state index >= 15 is 0 Å². The van der Waals surface area contributed by atoms with Crippen LogP contribution in [0.4, 0.5) is 0 Å². The molecule has 1 amide bonds. The Labute approximate surface area is 119 Å². The van der Waals surface area contributed by atoms with Crippen molar-refractivity contribution in [2.45, 2.75) is 26.3 Å². The number of carbonyl (C=O) groups excluding carboxylic acids is 2. The van der Waals surface area contributed by atoms with Crippen molar-refractivity contribution in [3.8, 4) is 0 Å². The molecule has 0 radical (unpaired) electrons. The first-order chi connectivity index (χ1) is 9.58. The van der Waals surface area contributed by atoms with Crippen LogP contribution in [-0.4, -0.2) is 38.2 Å². The van der Waals surface area contributed by atoms with Crippen LogP contribution in [0.3, 0.4) is 0 Å². The number of aryl methyl sites for hydroxylation is 1. The molecule has 5 nitrogen and oxygen atoms in total. The van der Waals surface area contributed by atoms with Crippen LogP contribution in [0, 0.1) is 6.92 Å². The van der Waals surface area contributed by atoms with Gasteiger partial charge in [0.15, 0.2) is 0 Å². The summed E-state index contributed by atoms with van der Waals surface area (Å²) in [5, 5.41) is 2.64. The smallest absolute Gasteiger partial charge is 0.328 e. The Morgan fingerprint density at radius 2 is 2.00 bits per heavy atom. The minimum absolute atomic E-state index is 0.0578. The van der Waals surface area contributed by atoms with E-state index in [4.69, 9.17) is 9.47 Å². The van der Waals surface area contributed by atoms with Crippen LogP contribution in [-0.2, 0) is 25.5 Å². The van der Waals surface area contributed by atoms with Gasteiger partial charge in [0.05, 0.1) is 7.11 Å². The molecule has 0 spiro atoms. The van der Waals surface area contributed by atoms with Crippen molar-refractivity contribution < 1.29 is 19.1 Å². The van der Waals surface area contributed by atoms with Crippen molar-refractivity contribution in [3.05, 3.63) is 35.4 Å². The lowest BCUT2D eigenvalue weighted by atomic mass is 10.0. The molecule has 0 saturated carbocycles. The molecule has 1 aromatic carbocycles. The summed E-state index contributed by atoms with van der Waals surface area (Å²) in [5.41, 5.74) is 2.07. The highest BCUT2D eigenvalue weighted by atomic mass is 16.5. The van der Waals surface area contributed by atoms with Gasteiger partial charge in [0.25, 0.3) is 0 Å². The number of methoxy groups -OCH3 is 1. The number of ether oxygens (including phenoxy) is 2. The van der Waals surface area contributed by atoms with Crippen molar-refractivity contribution >= 4 is 11.9 Å². The van der Waals surface area contributed by atoms with Crippen molar-refractivity contribution in [3.63, 3.8) is 0 Å². The van der Waals surface area contributed by atoms with E-state index in [1.807, 2.05) is 31.2 Å². The number of nitrogens with one attached hydrogen (secondary N) is 1. The van der Waals surface area contributed by atoms with Crippen LogP contribution in [0.5, 0.6) is 0 Å². The molecule has 1 aromatic rings. The number of rotatable bonds is 7. The van der Waals surface area contributed by atoms with Gasteiger partial charge in [0, 0.05) is 13.0 Å². The fourth-order valence-electron chi connectivity index (χ4n) is 1.83. The van der Waals surface area contributed by atoms with E-state index in [1.54, 1.807) is 6.92 Å². The molecule has 0 aliphatic heterocycles. The fourth-order valence-corrected chi connectivity index (χ4v) is 1.83. The molecular formula is C15H21NO4. The van der Waals surface area contributed by atoms with Gasteiger partial charge in [-0.05, 0) is 25.0 Å². The van der Waals surface area contributed by atoms with Gasteiger partial charge in [0.2, 0.25) is 5.91 Å². The zero-order valence-electron chi connectivity index (χ0n) is 12.1. The zero-order chi connectivity index (χ0) is 15.0. The van der Waals surface area contributed by atoms with Gasteiger partial charge >= 0.3 is 5.97 Å². The van der Waals surface area contributed by atoms with Crippen LogP contribution in [0.1, 0.15) is 18.1 Å². The van der Waals surface area contributed by atoms with Gasteiger partial charge in [-0.1, -0.05) is 24.3 Å². The average molecular weight is 279 g/mol. The summed E-state index contributed by atoms with van der Waals surface area (Å²) in [6.45, 7) is 4.16. The summed E-state index contributed by atoms with van der Waals surface area (Å²) < 4.78 is 9.75. The summed E-state index contributed by atoms with van der Waals surface area (Å²) >= 11 is 0. The summed E-state index contributed by atoms with van der Waals surface area (Å²) in [6.07, 6.45) is 0.400. The Morgan fingerprint density at radius 1 is 1.30 bits per heavy atom. The molecule has 0 bridgehead atoms. The molecule has 1 N–H and O–H groups in total. The van der Waals surface area contributed by atoms with Gasteiger partial charge in [-0.2, -0.15) is 0 Å². The highest BCUT2D eigenvalue weighted by Gasteiger charge is 2.22. The van der Waals surface area contributed by atoms with E-state index in [9.17, 15) is 9.59 Å². The number of hydrogen-bond acceptors (Lipinski definition) is 4. The first-order valence-corrected chi connectivity index (χ1v) is 6.58. The molecule has 0 heterocycles.